The van der Waals surface area contributed by atoms with Crippen LogP contribution in [0, 0.1) is 6.92 Å². The molecule has 1 aliphatic rings. The highest BCUT2D eigenvalue weighted by molar-refractivity contribution is 7.91. The third kappa shape index (κ3) is 5.31. The van der Waals surface area contributed by atoms with Gasteiger partial charge in [0.25, 0.3) is 0 Å². The average molecular weight is 505 g/mol. The summed E-state index contributed by atoms with van der Waals surface area (Å²) in [6.45, 7) is 2.97. The van der Waals surface area contributed by atoms with Gasteiger partial charge in [-0.3, -0.25) is 9.59 Å². The van der Waals surface area contributed by atoms with E-state index in [1.54, 1.807) is 22.8 Å². The molecule has 0 unspecified atom stereocenters. The molecule has 0 saturated carbocycles. The molecule has 0 spiro atoms. The normalized spacial score (nSPS) is 13.8. The predicted molar refractivity (Wildman–Crippen MR) is 126 cm³/mol. The zero-order valence-electron chi connectivity index (χ0n) is 18.8. The molecule has 180 valence electrons. The van der Waals surface area contributed by atoms with Crippen molar-refractivity contribution in [3.63, 3.8) is 0 Å². The second kappa shape index (κ2) is 9.98. The van der Waals surface area contributed by atoms with E-state index in [1.165, 1.54) is 30.6 Å². The van der Waals surface area contributed by atoms with E-state index in [-0.39, 0.29) is 30.0 Å². The van der Waals surface area contributed by atoms with E-state index in [4.69, 9.17) is 14.2 Å². The first-order chi connectivity index (χ1) is 16.3. The Morgan fingerprint density at radius 1 is 1.09 bits per heavy atom. The van der Waals surface area contributed by atoms with E-state index in [2.05, 4.69) is 4.99 Å². The number of aromatic nitrogens is 1. The Balaban J connectivity index is 1.63. The third-order valence-corrected chi connectivity index (χ3v) is 8.07. The van der Waals surface area contributed by atoms with Crippen molar-refractivity contribution >= 4 is 43.3 Å². The lowest BCUT2D eigenvalue weighted by Crippen LogP contribution is -2.20. The van der Waals surface area contributed by atoms with Crippen molar-refractivity contribution in [3.8, 4) is 11.5 Å². The monoisotopic (exact) mass is 504 g/mol. The summed E-state index contributed by atoms with van der Waals surface area (Å²) in [6, 6.07) is 10.1. The molecule has 0 atom stereocenters. The molecule has 1 aliphatic heterocycles. The molecule has 2 heterocycles. The van der Waals surface area contributed by atoms with Gasteiger partial charge in [-0.25, -0.2) is 8.42 Å². The number of carbonyl (C=O) groups is 2. The van der Waals surface area contributed by atoms with Crippen LogP contribution in [0.2, 0.25) is 0 Å². The lowest BCUT2D eigenvalue weighted by molar-refractivity contribution is -0.140. The molecule has 3 aromatic rings. The van der Waals surface area contributed by atoms with Crippen molar-refractivity contribution in [2.45, 2.75) is 31.2 Å². The topological polar surface area (TPSA) is 113 Å². The lowest BCUT2D eigenvalue weighted by atomic mass is 10.2. The second-order valence-corrected chi connectivity index (χ2v) is 10.8. The molecule has 0 N–H and O–H groups in total. The van der Waals surface area contributed by atoms with Crippen LogP contribution in [0.15, 0.2) is 46.3 Å². The number of hydrogen-bond donors (Lipinski definition) is 0. The molecule has 1 amide bonds. The number of thiazole rings is 1. The summed E-state index contributed by atoms with van der Waals surface area (Å²) in [5.41, 5.74) is 1.68. The minimum atomic E-state index is -3.61. The summed E-state index contributed by atoms with van der Waals surface area (Å²) in [4.78, 5) is 29.1. The van der Waals surface area contributed by atoms with Gasteiger partial charge in [0, 0.05) is 25.1 Å². The summed E-state index contributed by atoms with van der Waals surface area (Å²) in [6.07, 6.45) is -0.176. The number of hydrogen-bond acceptors (Lipinski definition) is 8. The number of sulfone groups is 1. The Bertz CT molecular complexity index is 1400. The van der Waals surface area contributed by atoms with E-state index in [1.807, 2.05) is 13.0 Å². The van der Waals surface area contributed by atoms with Crippen LogP contribution in [-0.2, 0) is 30.7 Å². The summed E-state index contributed by atoms with van der Waals surface area (Å²) in [5.74, 6) is -0.133. The number of amides is 1. The number of aryl methyl sites for hydroxylation is 2. The van der Waals surface area contributed by atoms with E-state index >= 15 is 0 Å². The Labute approximate surface area is 200 Å². The number of esters is 1. The zero-order chi connectivity index (χ0) is 24.3. The summed E-state index contributed by atoms with van der Waals surface area (Å²) in [5, 5.41) is 0. The lowest BCUT2D eigenvalue weighted by Gasteiger charge is -2.18. The number of methoxy groups -OCH3 is 1. The van der Waals surface area contributed by atoms with Gasteiger partial charge in [0.15, 0.2) is 26.1 Å². The van der Waals surface area contributed by atoms with Crippen LogP contribution in [0.4, 0.5) is 0 Å². The standard InChI is InChI=1S/C23H24N2O7S2/c1-15-3-5-16(6-4-15)34(28,29)12-8-21(26)24-23-25(9-7-22(27)30-2)17-13-18-19(14-20(17)33-23)32-11-10-31-18/h3-6,13-14H,7-12H2,1-2H3. The minimum absolute atomic E-state index is 0.0833. The number of rotatable bonds is 7. The van der Waals surface area contributed by atoms with E-state index in [0.29, 0.717) is 29.5 Å². The van der Waals surface area contributed by atoms with Crippen molar-refractivity contribution < 1.29 is 32.2 Å². The Kier molecular flexibility index (Phi) is 7.03. The molecule has 0 saturated heterocycles. The number of nitrogens with zero attached hydrogens (tertiary/aromatic N) is 2. The van der Waals surface area contributed by atoms with Crippen LogP contribution in [0.3, 0.4) is 0 Å². The van der Waals surface area contributed by atoms with Crippen molar-refractivity contribution in [2.24, 2.45) is 4.99 Å². The van der Waals surface area contributed by atoms with Crippen molar-refractivity contribution in [3.05, 3.63) is 46.8 Å². The third-order valence-electron chi connectivity index (χ3n) is 5.30. The molecular weight excluding hydrogens is 480 g/mol. The van der Waals surface area contributed by atoms with Gasteiger partial charge in [-0.1, -0.05) is 29.0 Å². The minimum Gasteiger partial charge on any atom is -0.486 e. The fourth-order valence-electron chi connectivity index (χ4n) is 3.46. The maximum absolute atomic E-state index is 12.6. The van der Waals surface area contributed by atoms with Crippen LogP contribution in [0.1, 0.15) is 18.4 Å². The summed E-state index contributed by atoms with van der Waals surface area (Å²) in [7, 11) is -2.30. The quantitative estimate of drug-likeness (QED) is 0.455. The Hall–Kier alpha value is -3.18. The van der Waals surface area contributed by atoms with Gasteiger partial charge in [0.05, 0.1) is 34.4 Å². The highest BCUT2D eigenvalue weighted by Gasteiger charge is 2.19. The zero-order valence-corrected chi connectivity index (χ0v) is 20.4. The van der Waals surface area contributed by atoms with Gasteiger partial charge in [-0.15, -0.1) is 0 Å². The Morgan fingerprint density at radius 2 is 1.76 bits per heavy atom. The smallest absolute Gasteiger partial charge is 0.307 e. The van der Waals surface area contributed by atoms with Crippen molar-refractivity contribution in [2.75, 3.05) is 26.1 Å². The molecule has 0 radical (unpaired) electrons. The molecule has 4 rings (SSSR count). The number of benzene rings is 2. The Morgan fingerprint density at radius 3 is 2.44 bits per heavy atom. The SMILES string of the molecule is COC(=O)CCn1c(=NC(=O)CCS(=O)(=O)c2ccc(C)cc2)sc2cc3c(cc21)OCCO3. The van der Waals surface area contributed by atoms with Crippen molar-refractivity contribution in [1.29, 1.82) is 0 Å². The molecule has 0 bridgehead atoms. The van der Waals surface area contributed by atoms with Gasteiger partial charge in [-0.05, 0) is 19.1 Å². The van der Waals surface area contributed by atoms with Gasteiger partial charge in [-0.2, -0.15) is 4.99 Å². The second-order valence-electron chi connectivity index (χ2n) is 7.71. The van der Waals surface area contributed by atoms with E-state index in [9.17, 15) is 18.0 Å². The van der Waals surface area contributed by atoms with Crippen LogP contribution in [0.25, 0.3) is 10.2 Å². The van der Waals surface area contributed by atoms with Crippen molar-refractivity contribution in [1.82, 2.24) is 4.57 Å². The molecule has 9 nitrogen and oxygen atoms in total. The number of carbonyl (C=O) groups excluding carboxylic acids is 2. The maximum Gasteiger partial charge on any atom is 0.307 e. The first-order valence-electron chi connectivity index (χ1n) is 10.6. The van der Waals surface area contributed by atoms with Crippen LogP contribution in [0.5, 0.6) is 11.5 Å². The molecule has 1 aromatic heterocycles. The van der Waals surface area contributed by atoms with Gasteiger partial charge < -0.3 is 18.8 Å². The molecule has 0 fully saturated rings. The van der Waals surface area contributed by atoms with Gasteiger partial charge in [0.1, 0.15) is 13.2 Å². The molecular formula is C23H24N2O7S2. The van der Waals surface area contributed by atoms with Crippen LogP contribution in [-0.4, -0.2) is 50.9 Å². The summed E-state index contributed by atoms with van der Waals surface area (Å²) < 4.78 is 43.8. The fourth-order valence-corrected chi connectivity index (χ4v) is 5.77. The first-order valence-corrected chi connectivity index (χ1v) is 13.1. The first kappa shape index (κ1) is 24.0. The van der Waals surface area contributed by atoms with E-state index in [0.717, 1.165) is 15.8 Å². The van der Waals surface area contributed by atoms with Gasteiger partial charge >= 0.3 is 5.97 Å². The van der Waals surface area contributed by atoms with Crippen LogP contribution >= 0.6 is 11.3 Å². The van der Waals surface area contributed by atoms with Crippen LogP contribution < -0.4 is 14.3 Å². The molecule has 2 aromatic carbocycles. The molecule has 11 heteroatoms. The number of ether oxygens (including phenoxy) is 3. The molecule has 0 aliphatic carbocycles. The van der Waals surface area contributed by atoms with E-state index < -0.39 is 21.7 Å². The summed E-state index contributed by atoms with van der Waals surface area (Å²) >= 11 is 1.25. The average Bonchev–Trinajstić information content (AvgIpc) is 3.15. The van der Waals surface area contributed by atoms with Gasteiger partial charge in [0.2, 0.25) is 5.91 Å². The highest BCUT2D eigenvalue weighted by Crippen LogP contribution is 2.35. The fraction of sp³-hybridized carbons (Fsp3) is 0.348. The predicted octanol–water partition coefficient (Wildman–Crippen LogP) is 2.64. The number of fused-ring (bicyclic) bond motifs is 2. The highest BCUT2D eigenvalue weighted by atomic mass is 32.2. The molecule has 34 heavy (non-hydrogen) atoms. The maximum atomic E-state index is 12.6. The largest absolute Gasteiger partial charge is 0.486 e.